The Morgan fingerprint density at radius 2 is 1.59 bits per heavy atom. The van der Waals surface area contributed by atoms with Crippen molar-refractivity contribution in [1.29, 1.82) is 0 Å². The number of fused-ring (bicyclic) bond motifs is 1. The van der Waals surface area contributed by atoms with Crippen LogP contribution in [0.3, 0.4) is 0 Å². The van der Waals surface area contributed by atoms with Crippen LogP contribution in [0.4, 0.5) is 0 Å². The second-order valence-electron chi connectivity index (χ2n) is 9.22. The van der Waals surface area contributed by atoms with E-state index in [0.717, 1.165) is 44.1 Å². The van der Waals surface area contributed by atoms with Crippen LogP contribution in [0.2, 0.25) is 0 Å². The zero-order chi connectivity index (χ0) is 20.5. The van der Waals surface area contributed by atoms with Gasteiger partial charge in [-0.05, 0) is 42.7 Å². The molecule has 4 rings (SSSR count). The number of carbonyl (C=O) groups is 3. The predicted octanol–water partition coefficient (Wildman–Crippen LogP) is 3.87. The Morgan fingerprint density at radius 1 is 1.00 bits per heavy atom. The molecule has 156 valence electrons. The van der Waals surface area contributed by atoms with E-state index in [0.29, 0.717) is 18.5 Å². The van der Waals surface area contributed by atoms with E-state index in [2.05, 4.69) is 38.1 Å². The third-order valence-corrected chi connectivity index (χ3v) is 6.79. The van der Waals surface area contributed by atoms with E-state index in [1.54, 1.807) is 0 Å². The minimum absolute atomic E-state index is 0.0465. The molecule has 0 N–H and O–H groups in total. The maximum atomic E-state index is 13.0. The van der Waals surface area contributed by atoms with Gasteiger partial charge in [0.2, 0.25) is 17.7 Å². The van der Waals surface area contributed by atoms with Crippen LogP contribution in [0.25, 0.3) is 0 Å². The van der Waals surface area contributed by atoms with E-state index in [9.17, 15) is 14.4 Å². The van der Waals surface area contributed by atoms with Gasteiger partial charge in [-0.1, -0.05) is 51.0 Å². The van der Waals surface area contributed by atoms with Gasteiger partial charge in [0.05, 0.1) is 11.8 Å². The zero-order valence-corrected chi connectivity index (χ0v) is 17.6. The van der Waals surface area contributed by atoms with Crippen molar-refractivity contribution in [3.05, 3.63) is 35.4 Å². The Balaban J connectivity index is 1.37. The maximum Gasteiger partial charge on any atom is 0.233 e. The summed E-state index contributed by atoms with van der Waals surface area (Å²) in [6, 6.07) is 8.80. The number of hydrogen-bond donors (Lipinski definition) is 0. The largest absolute Gasteiger partial charge is 0.335 e. The number of amides is 3. The summed E-state index contributed by atoms with van der Waals surface area (Å²) in [5.74, 6) is 0.181. The van der Waals surface area contributed by atoms with E-state index in [4.69, 9.17) is 0 Å². The molecule has 3 fully saturated rings. The lowest BCUT2D eigenvalue weighted by Gasteiger charge is -2.24. The normalized spacial score (nSPS) is 24.2. The van der Waals surface area contributed by atoms with Crippen molar-refractivity contribution in [3.63, 3.8) is 0 Å². The standard InChI is InChI=1S/C24H32N2O3/c1-16(2)18-9-7-17(8-10-18)15-26(19-11-12-19)22(27)13-14-25-23(28)20-5-3-4-6-21(20)24(25)29/h7-10,16,19-21H,3-6,11-15H2,1-2H3/t20-,21-/m1/s1. The van der Waals surface area contributed by atoms with Gasteiger partial charge in [0, 0.05) is 25.6 Å². The van der Waals surface area contributed by atoms with Crippen LogP contribution in [0.15, 0.2) is 24.3 Å². The van der Waals surface area contributed by atoms with Gasteiger partial charge in [-0.3, -0.25) is 19.3 Å². The first-order valence-corrected chi connectivity index (χ1v) is 11.2. The van der Waals surface area contributed by atoms with Crippen LogP contribution in [-0.4, -0.2) is 40.1 Å². The Kier molecular flexibility index (Phi) is 5.75. The van der Waals surface area contributed by atoms with Gasteiger partial charge in [0.15, 0.2) is 0 Å². The summed E-state index contributed by atoms with van der Waals surface area (Å²) in [6.45, 7) is 5.19. The molecule has 3 aliphatic rings. The summed E-state index contributed by atoms with van der Waals surface area (Å²) in [4.78, 5) is 41.6. The van der Waals surface area contributed by atoms with Gasteiger partial charge in [-0.2, -0.15) is 0 Å². The van der Waals surface area contributed by atoms with Crippen molar-refractivity contribution in [1.82, 2.24) is 9.80 Å². The Hall–Kier alpha value is -2.17. The lowest BCUT2D eigenvalue weighted by atomic mass is 9.81. The lowest BCUT2D eigenvalue weighted by molar-refractivity contribution is -0.141. The van der Waals surface area contributed by atoms with Crippen LogP contribution in [0.1, 0.15) is 75.8 Å². The van der Waals surface area contributed by atoms with Crippen molar-refractivity contribution in [3.8, 4) is 0 Å². The molecule has 2 atom stereocenters. The fraction of sp³-hybridized carbons (Fsp3) is 0.625. The fourth-order valence-electron chi connectivity index (χ4n) is 4.81. The molecule has 2 saturated carbocycles. The molecule has 0 bridgehead atoms. The first kappa shape index (κ1) is 20.1. The number of rotatable bonds is 7. The summed E-state index contributed by atoms with van der Waals surface area (Å²) >= 11 is 0. The van der Waals surface area contributed by atoms with Crippen LogP contribution in [0, 0.1) is 11.8 Å². The Labute approximate surface area is 173 Å². The number of carbonyl (C=O) groups excluding carboxylic acids is 3. The molecule has 1 aliphatic heterocycles. The van der Waals surface area contributed by atoms with Gasteiger partial charge in [0.1, 0.15) is 0 Å². The van der Waals surface area contributed by atoms with E-state index in [1.807, 2.05) is 4.90 Å². The summed E-state index contributed by atoms with van der Waals surface area (Å²) < 4.78 is 0. The average Bonchev–Trinajstić information content (AvgIpc) is 3.53. The molecule has 1 saturated heterocycles. The van der Waals surface area contributed by atoms with Gasteiger partial charge in [0.25, 0.3) is 0 Å². The first-order chi connectivity index (χ1) is 14.0. The second kappa shape index (κ2) is 8.29. The predicted molar refractivity (Wildman–Crippen MR) is 111 cm³/mol. The first-order valence-electron chi connectivity index (χ1n) is 11.2. The van der Waals surface area contributed by atoms with E-state index in [-0.39, 0.29) is 42.5 Å². The van der Waals surface area contributed by atoms with Crippen molar-refractivity contribution >= 4 is 17.7 Å². The van der Waals surface area contributed by atoms with Crippen LogP contribution in [-0.2, 0) is 20.9 Å². The third-order valence-electron chi connectivity index (χ3n) is 6.79. The van der Waals surface area contributed by atoms with E-state index in [1.165, 1.54) is 10.5 Å². The molecule has 1 aromatic carbocycles. The summed E-state index contributed by atoms with van der Waals surface area (Å²) in [5.41, 5.74) is 2.43. The second-order valence-corrected chi connectivity index (χ2v) is 9.22. The van der Waals surface area contributed by atoms with E-state index >= 15 is 0 Å². The topological polar surface area (TPSA) is 57.7 Å². The molecule has 5 heteroatoms. The highest BCUT2D eigenvalue weighted by Crippen LogP contribution is 2.38. The van der Waals surface area contributed by atoms with Gasteiger partial charge in [-0.25, -0.2) is 0 Å². The Bertz CT molecular complexity index is 758. The smallest absolute Gasteiger partial charge is 0.233 e. The summed E-state index contributed by atoms with van der Waals surface area (Å²) in [6.07, 6.45) is 6.01. The molecule has 3 amide bonds. The van der Waals surface area contributed by atoms with Crippen molar-refractivity contribution in [2.45, 2.75) is 77.3 Å². The number of nitrogens with zero attached hydrogens (tertiary/aromatic N) is 2. The molecule has 0 aromatic heterocycles. The maximum absolute atomic E-state index is 13.0. The van der Waals surface area contributed by atoms with Crippen molar-refractivity contribution < 1.29 is 14.4 Å². The van der Waals surface area contributed by atoms with Crippen molar-refractivity contribution in [2.75, 3.05) is 6.54 Å². The average molecular weight is 397 g/mol. The highest BCUT2D eigenvalue weighted by atomic mass is 16.2. The quantitative estimate of drug-likeness (QED) is 0.658. The molecular weight excluding hydrogens is 364 g/mol. The highest BCUT2D eigenvalue weighted by Gasteiger charge is 2.48. The molecule has 29 heavy (non-hydrogen) atoms. The molecule has 5 nitrogen and oxygen atoms in total. The minimum Gasteiger partial charge on any atom is -0.335 e. The number of likely N-dealkylation sites (tertiary alicyclic amines) is 1. The highest BCUT2D eigenvalue weighted by molar-refractivity contribution is 6.05. The Morgan fingerprint density at radius 3 is 2.10 bits per heavy atom. The van der Waals surface area contributed by atoms with Crippen molar-refractivity contribution in [2.24, 2.45) is 11.8 Å². The molecule has 1 aromatic rings. The number of imide groups is 1. The fourth-order valence-corrected chi connectivity index (χ4v) is 4.81. The molecule has 1 heterocycles. The molecule has 2 aliphatic carbocycles. The van der Waals surface area contributed by atoms with E-state index < -0.39 is 0 Å². The third kappa shape index (κ3) is 4.24. The lowest BCUT2D eigenvalue weighted by Crippen LogP contribution is -2.38. The van der Waals surface area contributed by atoms with Crippen LogP contribution < -0.4 is 0 Å². The van der Waals surface area contributed by atoms with Gasteiger partial charge < -0.3 is 4.90 Å². The molecule has 0 unspecified atom stereocenters. The molecular formula is C24H32N2O3. The van der Waals surface area contributed by atoms with Gasteiger partial charge in [-0.15, -0.1) is 0 Å². The summed E-state index contributed by atoms with van der Waals surface area (Å²) in [7, 11) is 0. The molecule has 0 radical (unpaired) electrons. The minimum atomic E-state index is -0.134. The summed E-state index contributed by atoms with van der Waals surface area (Å²) in [5, 5.41) is 0. The SMILES string of the molecule is CC(C)c1ccc(CN(C(=O)CCN2C(=O)[C@@H]3CCCC[C@H]3C2=O)C2CC2)cc1. The number of hydrogen-bond acceptors (Lipinski definition) is 3. The molecule has 0 spiro atoms. The zero-order valence-electron chi connectivity index (χ0n) is 17.6. The number of benzene rings is 1. The van der Waals surface area contributed by atoms with Gasteiger partial charge >= 0.3 is 0 Å². The van der Waals surface area contributed by atoms with Crippen LogP contribution in [0.5, 0.6) is 0 Å². The monoisotopic (exact) mass is 396 g/mol. The van der Waals surface area contributed by atoms with Crippen LogP contribution >= 0.6 is 0 Å².